The Labute approximate surface area is 86.1 Å². The SMILES string of the molecule is C[C@@](N)(Cc1cc(O)ccc1[18F])C(=O)O. The number of hydrogen-bond donors (Lipinski definition) is 3. The van der Waals surface area contributed by atoms with Gasteiger partial charge >= 0.3 is 5.97 Å². The van der Waals surface area contributed by atoms with Gasteiger partial charge in [-0.25, -0.2) is 4.39 Å². The molecule has 0 radical (unpaired) electrons. The number of aliphatic carboxylic acids is 1. The minimum atomic E-state index is -1.55. The van der Waals surface area contributed by atoms with Crippen molar-refractivity contribution in [2.24, 2.45) is 5.73 Å². The Morgan fingerprint density at radius 2 is 2.20 bits per heavy atom. The van der Waals surface area contributed by atoms with E-state index in [0.29, 0.717) is 0 Å². The van der Waals surface area contributed by atoms with Crippen molar-refractivity contribution in [1.82, 2.24) is 0 Å². The molecule has 4 N–H and O–H groups in total. The van der Waals surface area contributed by atoms with Gasteiger partial charge in [-0.3, -0.25) is 4.79 Å². The highest BCUT2D eigenvalue weighted by Crippen LogP contribution is 2.19. The van der Waals surface area contributed by atoms with Crippen LogP contribution in [0.2, 0.25) is 0 Å². The van der Waals surface area contributed by atoms with E-state index in [4.69, 9.17) is 15.9 Å². The fourth-order valence-corrected chi connectivity index (χ4v) is 1.17. The first-order valence-corrected chi connectivity index (χ1v) is 4.32. The Morgan fingerprint density at radius 3 is 2.73 bits per heavy atom. The van der Waals surface area contributed by atoms with Gasteiger partial charge in [-0.15, -0.1) is 0 Å². The van der Waals surface area contributed by atoms with Crippen molar-refractivity contribution in [3.63, 3.8) is 0 Å². The number of carbonyl (C=O) groups is 1. The van der Waals surface area contributed by atoms with Gasteiger partial charge in [0.2, 0.25) is 0 Å². The fraction of sp³-hybridized carbons (Fsp3) is 0.300. The van der Waals surface area contributed by atoms with E-state index >= 15 is 0 Å². The van der Waals surface area contributed by atoms with E-state index in [9.17, 15) is 9.18 Å². The molecule has 0 aromatic heterocycles. The van der Waals surface area contributed by atoms with Crippen LogP contribution in [0, 0.1) is 5.82 Å². The lowest BCUT2D eigenvalue weighted by atomic mass is 9.94. The topological polar surface area (TPSA) is 83.5 Å². The molecular weight excluding hydrogens is 200 g/mol. The molecule has 15 heavy (non-hydrogen) atoms. The summed E-state index contributed by atoms with van der Waals surface area (Å²) in [5.74, 6) is -1.91. The highest BCUT2D eigenvalue weighted by molar-refractivity contribution is 5.78. The number of hydrogen-bond acceptors (Lipinski definition) is 3. The normalized spacial score (nSPS) is 14.6. The van der Waals surface area contributed by atoms with Crippen molar-refractivity contribution < 1.29 is 19.4 Å². The van der Waals surface area contributed by atoms with Gasteiger partial charge in [0.05, 0.1) is 0 Å². The largest absolute Gasteiger partial charge is 0.508 e. The minimum absolute atomic E-state index is 0.0856. The third kappa shape index (κ3) is 2.66. The van der Waals surface area contributed by atoms with E-state index in [2.05, 4.69) is 0 Å². The van der Waals surface area contributed by atoms with Gasteiger partial charge in [0.15, 0.2) is 0 Å². The summed E-state index contributed by atoms with van der Waals surface area (Å²) in [6.45, 7) is 1.29. The Bertz CT molecular complexity index is 390. The molecule has 0 fully saturated rings. The zero-order valence-electron chi connectivity index (χ0n) is 8.20. The van der Waals surface area contributed by atoms with Gasteiger partial charge in [-0.1, -0.05) is 0 Å². The number of rotatable bonds is 3. The summed E-state index contributed by atoms with van der Waals surface area (Å²) in [7, 11) is 0. The molecule has 0 unspecified atom stereocenters. The first-order valence-electron chi connectivity index (χ1n) is 4.32. The average molecular weight is 212 g/mol. The first-order chi connectivity index (χ1) is 6.83. The maximum Gasteiger partial charge on any atom is 0.323 e. The van der Waals surface area contributed by atoms with Crippen LogP contribution in [0.4, 0.5) is 4.39 Å². The van der Waals surface area contributed by atoms with E-state index in [1.165, 1.54) is 19.1 Å². The predicted octanol–water partition coefficient (Wildman–Crippen LogP) is 0.876. The van der Waals surface area contributed by atoms with Crippen LogP contribution >= 0.6 is 0 Å². The van der Waals surface area contributed by atoms with E-state index in [1.54, 1.807) is 0 Å². The minimum Gasteiger partial charge on any atom is -0.508 e. The number of phenols is 1. The Balaban J connectivity index is 2.99. The number of nitrogens with two attached hydrogens (primary N) is 1. The van der Waals surface area contributed by atoms with Crippen molar-refractivity contribution in [2.45, 2.75) is 18.9 Å². The van der Waals surface area contributed by atoms with Crippen LogP contribution in [-0.4, -0.2) is 21.7 Å². The third-order valence-electron chi connectivity index (χ3n) is 2.08. The standard InChI is InChI=1S/C10H12FNO3/c1-10(12,9(14)15)5-6-4-7(13)2-3-8(6)11/h2-4,13H,5,12H2,1H3,(H,14,15)/t10-/m1/s1/i11-1. The average Bonchev–Trinajstić information content (AvgIpc) is 2.10. The van der Waals surface area contributed by atoms with Crippen molar-refractivity contribution >= 4 is 5.97 Å². The van der Waals surface area contributed by atoms with Gasteiger partial charge in [-0.05, 0) is 30.7 Å². The Hall–Kier alpha value is -1.62. The van der Waals surface area contributed by atoms with Gasteiger partial charge in [0, 0.05) is 6.42 Å². The molecule has 0 saturated heterocycles. The number of carboxylic acids is 1. The zero-order valence-corrected chi connectivity index (χ0v) is 8.20. The second-order valence-electron chi connectivity index (χ2n) is 3.68. The molecule has 82 valence electrons. The number of halogens is 1. The highest BCUT2D eigenvalue weighted by atomic mass is 18.2. The van der Waals surface area contributed by atoms with Crippen LogP contribution in [0.5, 0.6) is 5.75 Å². The number of aromatic hydroxyl groups is 1. The molecule has 0 aliphatic rings. The molecule has 1 aromatic rings. The van der Waals surface area contributed by atoms with Crippen LogP contribution in [0.25, 0.3) is 0 Å². The van der Waals surface area contributed by atoms with E-state index in [0.717, 1.165) is 6.07 Å². The summed E-state index contributed by atoms with van der Waals surface area (Å²) in [6, 6.07) is 3.43. The second-order valence-corrected chi connectivity index (χ2v) is 3.68. The summed E-state index contributed by atoms with van der Waals surface area (Å²) >= 11 is 0. The maximum atomic E-state index is 13.2. The third-order valence-corrected chi connectivity index (χ3v) is 2.08. The maximum absolute atomic E-state index is 13.2. The summed E-state index contributed by atoms with van der Waals surface area (Å²) in [6.07, 6.45) is -0.178. The molecule has 0 saturated carbocycles. The van der Waals surface area contributed by atoms with Crippen LogP contribution in [0.3, 0.4) is 0 Å². The molecular formula is C10H12FNO3. The van der Waals surface area contributed by atoms with Gasteiger partial charge in [0.25, 0.3) is 0 Å². The Kier molecular flexibility index (Phi) is 2.95. The molecule has 5 heteroatoms. The molecule has 0 heterocycles. The number of carboxylic acid groups (broad SMARTS) is 1. The molecule has 0 amide bonds. The lowest BCUT2D eigenvalue weighted by Crippen LogP contribution is -2.47. The summed E-state index contributed by atoms with van der Waals surface area (Å²) in [4.78, 5) is 10.7. The smallest absolute Gasteiger partial charge is 0.323 e. The predicted molar refractivity (Wildman–Crippen MR) is 52.0 cm³/mol. The van der Waals surface area contributed by atoms with E-state index < -0.39 is 17.3 Å². The second kappa shape index (κ2) is 3.86. The van der Waals surface area contributed by atoms with Crippen LogP contribution in [-0.2, 0) is 11.2 Å². The van der Waals surface area contributed by atoms with E-state index in [-0.39, 0.29) is 17.7 Å². The molecule has 0 bridgehead atoms. The van der Waals surface area contributed by atoms with E-state index in [1.807, 2.05) is 0 Å². The molecule has 0 spiro atoms. The lowest BCUT2D eigenvalue weighted by Gasteiger charge is -2.19. The van der Waals surface area contributed by atoms with Crippen molar-refractivity contribution in [1.29, 1.82) is 0 Å². The summed E-state index contributed by atoms with van der Waals surface area (Å²) in [5, 5.41) is 17.9. The van der Waals surface area contributed by atoms with Gasteiger partial charge < -0.3 is 15.9 Å². The first kappa shape index (κ1) is 11.5. The monoisotopic (exact) mass is 212 g/mol. The van der Waals surface area contributed by atoms with Crippen LogP contribution < -0.4 is 5.73 Å². The lowest BCUT2D eigenvalue weighted by molar-refractivity contribution is -0.142. The van der Waals surface area contributed by atoms with Crippen LogP contribution in [0.1, 0.15) is 12.5 Å². The zero-order chi connectivity index (χ0) is 11.6. The highest BCUT2D eigenvalue weighted by Gasteiger charge is 2.29. The number of benzene rings is 1. The fourth-order valence-electron chi connectivity index (χ4n) is 1.17. The summed E-state index contributed by atoms with van der Waals surface area (Å²) < 4.78 is 13.2. The summed E-state index contributed by atoms with van der Waals surface area (Å²) in [5.41, 5.74) is 4.00. The molecule has 0 aliphatic carbocycles. The van der Waals surface area contributed by atoms with Gasteiger partial charge in [0.1, 0.15) is 17.1 Å². The quantitative estimate of drug-likeness (QED) is 0.694. The molecule has 1 aromatic carbocycles. The molecule has 1 rings (SSSR count). The van der Waals surface area contributed by atoms with Crippen LogP contribution in [0.15, 0.2) is 18.2 Å². The van der Waals surface area contributed by atoms with Gasteiger partial charge in [-0.2, -0.15) is 0 Å². The van der Waals surface area contributed by atoms with Crippen molar-refractivity contribution in [3.8, 4) is 5.75 Å². The molecule has 0 aliphatic heterocycles. The van der Waals surface area contributed by atoms with Crippen molar-refractivity contribution in [2.75, 3.05) is 0 Å². The van der Waals surface area contributed by atoms with Crippen molar-refractivity contribution in [3.05, 3.63) is 29.6 Å². The molecule has 4 nitrogen and oxygen atoms in total. The molecule has 1 atom stereocenters. The number of phenolic OH excluding ortho intramolecular Hbond substituents is 1. The Morgan fingerprint density at radius 1 is 1.60 bits per heavy atom.